The van der Waals surface area contributed by atoms with Crippen LogP contribution in [0.2, 0.25) is 0 Å². The molecule has 2 atom stereocenters. The molecule has 1 heterocycles. The lowest BCUT2D eigenvalue weighted by molar-refractivity contribution is -0.117. The molecule has 1 saturated heterocycles. The Bertz CT molecular complexity index is 475. The fourth-order valence-electron chi connectivity index (χ4n) is 2.49. The van der Waals surface area contributed by atoms with E-state index in [2.05, 4.69) is 0 Å². The summed E-state index contributed by atoms with van der Waals surface area (Å²) in [6.07, 6.45) is 0.368. The topological polar surface area (TPSA) is 59.0 Å². The number of nitrogens with zero attached hydrogens (tertiary/aromatic N) is 1. The van der Waals surface area contributed by atoms with Crippen LogP contribution in [0, 0.1) is 5.92 Å². The molecule has 1 aromatic rings. The van der Waals surface area contributed by atoms with E-state index in [9.17, 15) is 9.90 Å². The molecule has 19 heavy (non-hydrogen) atoms. The number of ether oxygens (including phenoxy) is 2. The Hall–Kier alpha value is -1.75. The lowest BCUT2D eigenvalue weighted by atomic mass is 10.0. The lowest BCUT2D eigenvalue weighted by Crippen LogP contribution is -2.33. The highest BCUT2D eigenvalue weighted by molar-refractivity contribution is 5.98. The van der Waals surface area contributed by atoms with Crippen molar-refractivity contribution in [2.75, 3.05) is 25.7 Å². The number of anilines is 1. The molecule has 5 nitrogen and oxygen atoms in total. The van der Waals surface area contributed by atoms with E-state index in [1.165, 1.54) is 0 Å². The van der Waals surface area contributed by atoms with Gasteiger partial charge in [0.1, 0.15) is 11.5 Å². The zero-order valence-electron chi connectivity index (χ0n) is 11.4. The van der Waals surface area contributed by atoms with E-state index in [-0.39, 0.29) is 24.5 Å². The van der Waals surface area contributed by atoms with E-state index in [1.54, 1.807) is 31.3 Å². The summed E-state index contributed by atoms with van der Waals surface area (Å²) in [5, 5.41) is 9.30. The summed E-state index contributed by atoms with van der Waals surface area (Å²) in [5.41, 5.74) is 0.719. The average molecular weight is 265 g/mol. The Balaban J connectivity index is 2.38. The number of carbonyl (C=O) groups is 1. The molecule has 5 heteroatoms. The summed E-state index contributed by atoms with van der Waals surface area (Å²) < 4.78 is 10.5. The van der Waals surface area contributed by atoms with Gasteiger partial charge >= 0.3 is 0 Å². The van der Waals surface area contributed by atoms with Gasteiger partial charge in [-0.1, -0.05) is 0 Å². The Kier molecular flexibility index (Phi) is 3.95. The molecule has 0 bridgehead atoms. The molecule has 1 fully saturated rings. The number of amides is 1. The van der Waals surface area contributed by atoms with E-state index in [4.69, 9.17) is 9.47 Å². The Labute approximate surface area is 112 Å². The van der Waals surface area contributed by atoms with E-state index in [1.807, 2.05) is 13.0 Å². The summed E-state index contributed by atoms with van der Waals surface area (Å²) in [6, 6.07) is 5.32. The summed E-state index contributed by atoms with van der Waals surface area (Å²) in [7, 11) is 3.15. The maximum absolute atomic E-state index is 12.1. The number of aliphatic hydroxyl groups is 1. The van der Waals surface area contributed by atoms with Gasteiger partial charge in [-0.15, -0.1) is 0 Å². The van der Waals surface area contributed by atoms with E-state index in [0.29, 0.717) is 17.9 Å². The maximum atomic E-state index is 12.1. The average Bonchev–Trinajstić information content (AvgIpc) is 2.72. The summed E-state index contributed by atoms with van der Waals surface area (Å²) in [4.78, 5) is 13.8. The van der Waals surface area contributed by atoms with Crippen LogP contribution in [0.4, 0.5) is 5.69 Å². The second-order valence-corrected chi connectivity index (χ2v) is 4.69. The number of carbonyl (C=O) groups excluding carboxylic acids is 1. The Morgan fingerprint density at radius 3 is 2.63 bits per heavy atom. The Morgan fingerprint density at radius 1 is 1.37 bits per heavy atom. The van der Waals surface area contributed by atoms with Crippen molar-refractivity contribution >= 4 is 11.6 Å². The molecule has 1 aromatic carbocycles. The first-order chi connectivity index (χ1) is 9.12. The number of hydrogen-bond donors (Lipinski definition) is 1. The number of aliphatic hydroxyl groups excluding tert-OH is 1. The second kappa shape index (κ2) is 5.48. The maximum Gasteiger partial charge on any atom is 0.227 e. The number of hydrogen-bond acceptors (Lipinski definition) is 4. The minimum atomic E-state index is -0.0419. The van der Waals surface area contributed by atoms with Crippen LogP contribution in [0.3, 0.4) is 0 Å². The van der Waals surface area contributed by atoms with Gasteiger partial charge in [0.25, 0.3) is 0 Å². The van der Waals surface area contributed by atoms with Crippen molar-refractivity contribution in [2.24, 2.45) is 5.92 Å². The molecule has 1 aliphatic rings. The van der Waals surface area contributed by atoms with Crippen LogP contribution in [0.5, 0.6) is 11.5 Å². The SMILES string of the molecule is COc1ccc(N2C(=O)CC(CO)C2C)c(OC)c1. The molecule has 0 aromatic heterocycles. The normalized spacial score (nSPS) is 22.7. The molecule has 2 unspecified atom stereocenters. The monoisotopic (exact) mass is 265 g/mol. The number of methoxy groups -OCH3 is 2. The lowest BCUT2D eigenvalue weighted by Gasteiger charge is -2.26. The second-order valence-electron chi connectivity index (χ2n) is 4.69. The van der Waals surface area contributed by atoms with Gasteiger partial charge in [-0.25, -0.2) is 0 Å². The van der Waals surface area contributed by atoms with Gasteiger partial charge in [0.2, 0.25) is 5.91 Å². The van der Waals surface area contributed by atoms with E-state index in [0.717, 1.165) is 5.69 Å². The van der Waals surface area contributed by atoms with Gasteiger partial charge in [-0.3, -0.25) is 4.79 Å². The zero-order chi connectivity index (χ0) is 14.0. The van der Waals surface area contributed by atoms with Crippen molar-refractivity contribution in [3.8, 4) is 11.5 Å². The molecule has 0 radical (unpaired) electrons. The van der Waals surface area contributed by atoms with Crippen molar-refractivity contribution < 1.29 is 19.4 Å². The zero-order valence-corrected chi connectivity index (χ0v) is 11.4. The van der Waals surface area contributed by atoms with Crippen molar-refractivity contribution in [2.45, 2.75) is 19.4 Å². The fourth-order valence-corrected chi connectivity index (χ4v) is 2.49. The standard InChI is InChI=1S/C14H19NO4/c1-9-10(8-16)6-14(17)15(9)12-5-4-11(18-2)7-13(12)19-3/h4-5,7,9-10,16H,6,8H2,1-3H3. The van der Waals surface area contributed by atoms with Gasteiger partial charge in [0.15, 0.2) is 0 Å². The molecule has 0 aliphatic carbocycles. The first-order valence-electron chi connectivity index (χ1n) is 6.27. The van der Waals surface area contributed by atoms with Crippen LogP contribution in [-0.2, 0) is 4.79 Å². The summed E-state index contributed by atoms with van der Waals surface area (Å²) >= 11 is 0. The molecule has 1 aliphatic heterocycles. The first-order valence-corrected chi connectivity index (χ1v) is 6.27. The summed E-state index contributed by atoms with van der Waals surface area (Å²) in [6.45, 7) is 1.96. The minimum absolute atomic E-state index is 0.00927. The minimum Gasteiger partial charge on any atom is -0.497 e. The van der Waals surface area contributed by atoms with E-state index >= 15 is 0 Å². The van der Waals surface area contributed by atoms with Crippen molar-refractivity contribution in [1.82, 2.24) is 0 Å². The Morgan fingerprint density at radius 2 is 2.11 bits per heavy atom. The van der Waals surface area contributed by atoms with E-state index < -0.39 is 0 Å². The van der Waals surface area contributed by atoms with Crippen molar-refractivity contribution in [3.05, 3.63) is 18.2 Å². The van der Waals surface area contributed by atoms with Crippen LogP contribution in [0.25, 0.3) is 0 Å². The molecular weight excluding hydrogens is 246 g/mol. The third-order valence-electron chi connectivity index (χ3n) is 3.68. The molecule has 104 valence electrons. The van der Waals surface area contributed by atoms with Crippen LogP contribution in [0.1, 0.15) is 13.3 Å². The smallest absolute Gasteiger partial charge is 0.227 e. The van der Waals surface area contributed by atoms with Crippen LogP contribution in [-0.4, -0.2) is 37.9 Å². The highest BCUT2D eigenvalue weighted by Crippen LogP contribution is 2.38. The predicted molar refractivity (Wildman–Crippen MR) is 71.7 cm³/mol. The van der Waals surface area contributed by atoms with Crippen molar-refractivity contribution in [1.29, 1.82) is 0 Å². The van der Waals surface area contributed by atoms with Gasteiger partial charge in [0, 0.05) is 31.1 Å². The molecular formula is C14H19NO4. The largest absolute Gasteiger partial charge is 0.497 e. The highest BCUT2D eigenvalue weighted by Gasteiger charge is 2.38. The van der Waals surface area contributed by atoms with Gasteiger partial charge in [-0.05, 0) is 19.1 Å². The van der Waals surface area contributed by atoms with Crippen LogP contribution >= 0.6 is 0 Å². The fraction of sp³-hybridized carbons (Fsp3) is 0.500. The number of benzene rings is 1. The number of rotatable bonds is 4. The molecule has 1 amide bonds. The molecule has 0 spiro atoms. The molecule has 0 saturated carbocycles. The van der Waals surface area contributed by atoms with Gasteiger partial charge in [0.05, 0.1) is 19.9 Å². The third kappa shape index (κ3) is 2.38. The quantitative estimate of drug-likeness (QED) is 0.895. The first kappa shape index (κ1) is 13.7. The van der Waals surface area contributed by atoms with Gasteiger partial charge in [-0.2, -0.15) is 0 Å². The highest BCUT2D eigenvalue weighted by atomic mass is 16.5. The molecule has 2 rings (SSSR count). The third-order valence-corrected chi connectivity index (χ3v) is 3.68. The van der Waals surface area contributed by atoms with Crippen molar-refractivity contribution in [3.63, 3.8) is 0 Å². The summed E-state index contributed by atoms with van der Waals surface area (Å²) in [5.74, 6) is 1.26. The van der Waals surface area contributed by atoms with Crippen LogP contribution in [0.15, 0.2) is 18.2 Å². The molecule has 1 N–H and O–H groups in total. The predicted octanol–water partition coefficient (Wildman–Crippen LogP) is 1.44. The van der Waals surface area contributed by atoms with Crippen LogP contribution < -0.4 is 14.4 Å². The van der Waals surface area contributed by atoms with Gasteiger partial charge < -0.3 is 19.5 Å².